The highest BCUT2D eigenvalue weighted by Gasteiger charge is 2.64. The third-order valence-corrected chi connectivity index (χ3v) is 4.74. The van der Waals surface area contributed by atoms with Crippen molar-refractivity contribution in [3.8, 4) is 0 Å². The molecule has 0 N–H and O–H groups in total. The summed E-state index contributed by atoms with van der Waals surface area (Å²) in [6, 6.07) is -0.947. The molecule has 0 radical (unpaired) electrons. The standard InChI is InChI=1S/C13H13NO6/c15-8-4-1-5(13(18)20-8)14-11(16)9-6-2-3-7(19-6)10(9)12(14)17/h5-7,9-10H,1-4H2. The van der Waals surface area contributed by atoms with Gasteiger partial charge in [-0.25, -0.2) is 4.79 Å². The van der Waals surface area contributed by atoms with Crippen molar-refractivity contribution in [2.24, 2.45) is 11.8 Å². The fourth-order valence-electron chi connectivity index (χ4n) is 3.88. The molecule has 5 atom stereocenters. The van der Waals surface area contributed by atoms with Crippen LogP contribution in [0.3, 0.4) is 0 Å². The van der Waals surface area contributed by atoms with Gasteiger partial charge < -0.3 is 9.47 Å². The zero-order chi connectivity index (χ0) is 14.0. The SMILES string of the molecule is O=C1CCC(N2C(=O)C3C4CCC(O4)C3C2=O)C(=O)O1. The van der Waals surface area contributed by atoms with Crippen molar-refractivity contribution in [2.45, 2.75) is 43.9 Å². The van der Waals surface area contributed by atoms with Gasteiger partial charge in [-0.15, -0.1) is 0 Å². The van der Waals surface area contributed by atoms with E-state index in [2.05, 4.69) is 4.74 Å². The number of ether oxygens (including phenoxy) is 2. The van der Waals surface area contributed by atoms with Crippen molar-refractivity contribution in [3.05, 3.63) is 0 Å². The number of amides is 2. The Labute approximate surface area is 114 Å². The minimum atomic E-state index is -0.947. The molecule has 7 nitrogen and oxygen atoms in total. The van der Waals surface area contributed by atoms with Gasteiger partial charge in [0.05, 0.1) is 24.0 Å². The maximum absolute atomic E-state index is 12.4. The van der Waals surface area contributed by atoms with E-state index in [0.717, 1.165) is 17.7 Å². The Kier molecular flexibility index (Phi) is 2.33. The van der Waals surface area contributed by atoms with Crippen LogP contribution in [0.4, 0.5) is 0 Å². The zero-order valence-electron chi connectivity index (χ0n) is 10.6. The molecular weight excluding hydrogens is 266 g/mol. The Morgan fingerprint density at radius 1 is 0.900 bits per heavy atom. The van der Waals surface area contributed by atoms with Crippen molar-refractivity contribution in [1.82, 2.24) is 4.90 Å². The minimum absolute atomic E-state index is 0.0478. The van der Waals surface area contributed by atoms with Gasteiger partial charge in [0.15, 0.2) is 0 Å². The molecule has 0 aromatic rings. The summed E-state index contributed by atoms with van der Waals surface area (Å²) in [5, 5.41) is 0. The van der Waals surface area contributed by atoms with Gasteiger partial charge in [0.2, 0.25) is 11.8 Å². The predicted octanol–water partition coefficient (Wildman–Crippen LogP) is -0.619. The Hall–Kier alpha value is -1.76. The Morgan fingerprint density at radius 2 is 1.50 bits per heavy atom. The van der Waals surface area contributed by atoms with Gasteiger partial charge >= 0.3 is 11.9 Å². The van der Waals surface area contributed by atoms with E-state index in [-0.39, 0.29) is 36.9 Å². The van der Waals surface area contributed by atoms with Crippen LogP contribution in [0.5, 0.6) is 0 Å². The summed E-state index contributed by atoms with van der Waals surface area (Å²) in [5.74, 6) is -2.99. The number of carbonyl (C=O) groups is 4. The molecule has 0 spiro atoms. The fraction of sp³-hybridized carbons (Fsp3) is 0.692. The molecule has 106 valence electrons. The second-order valence-electron chi connectivity index (χ2n) is 5.74. The van der Waals surface area contributed by atoms with Gasteiger partial charge in [-0.1, -0.05) is 0 Å². The van der Waals surface area contributed by atoms with Crippen LogP contribution < -0.4 is 0 Å². The fourth-order valence-corrected chi connectivity index (χ4v) is 3.88. The number of carbonyl (C=O) groups excluding carboxylic acids is 4. The maximum Gasteiger partial charge on any atom is 0.337 e. The number of esters is 2. The average molecular weight is 279 g/mol. The van der Waals surface area contributed by atoms with Crippen LogP contribution in [0.15, 0.2) is 0 Å². The van der Waals surface area contributed by atoms with Crippen LogP contribution in [-0.2, 0) is 28.7 Å². The first kappa shape index (κ1) is 12.0. The summed E-state index contributed by atoms with van der Waals surface area (Å²) in [4.78, 5) is 48.7. The first-order valence-electron chi connectivity index (χ1n) is 6.85. The topological polar surface area (TPSA) is 90.0 Å². The van der Waals surface area contributed by atoms with Crippen LogP contribution in [0.2, 0.25) is 0 Å². The molecule has 2 amide bonds. The van der Waals surface area contributed by atoms with Gasteiger partial charge in [0.1, 0.15) is 6.04 Å². The minimum Gasteiger partial charge on any atom is -0.392 e. The molecular formula is C13H13NO6. The molecule has 4 heterocycles. The number of hydrogen-bond acceptors (Lipinski definition) is 6. The summed E-state index contributed by atoms with van der Waals surface area (Å²) >= 11 is 0. The molecule has 5 unspecified atom stereocenters. The summed E-state index contributed by atoms with van der Waals surface area (Å²) in [6.07, 6.45) is 1.37. The molecule has 4 fully saturated rings. The lowest BCUT2D eigenvalue weighted by Crippen LogP contribution is -2.50. The van der Waals surface area contributed by atoms with Gasteiger partial charge in [0.25, 0.3) is 0 Å². The Balaban J connectivity index is 1.64. The van der Waals surface area contributed by atoms with E-state index in [0.29, 0.717) is 0 Å². The highest BCUT2D eigenvalue weighted by atomic mass is 16.6. The molecule has 4 saturated heterocycles. The normalized spacial score (nSPS) is 43.2. The maximum atomic E-state index is 12.4. The van der Waals surface area contributed by atoms with Crippen molar-refractivity contribution in [2.75, 3.05) is 0 Å². The van der Waals surface area contributed by atoms with E-state index >= 15 is 0 Å². The van der Waals surface area contributed by atoms with Gasteiger partial charge in [0, 0.05) is 6.42 Å². The van der Waals surface area contributed by atoms with Crippen LogP contribution in [-0.4, -0.2) is 46.9 Å². The van der Waals surface area contributed by atoms with Gasteiger partial charge in [-0.3, -0.25) is 19.3 Å². The molecule has 0 saturated carbocycles. The summed E-state index contributed by atoms with van der Waals surface area (Å²) in [6.45, 7) is 0. The van der Waals surface area contributed by atoms with E-state index in [1.807, 2.05) is 0 Å². The van der Waals surface area contributed by atoms with Crippen molar-refractivity contribution < 1.29 is 28.7 Å². The second-order valence-corrected chi connectivity index (χ2v) is 5.74. The number of fused-ring (bicyclic) bond motifs is 5. The number of imide groups is 1. The average Bonchev–Trinajstić information content (AvgIpc) is 3.06. The van der Waals surface area contributed by atoms with Crippen LogP contribution in [0.25, 0.3) is 0 Å². The van der Waals surface area contributed by atoms with E-state index in [9.17, 15) is 19.2 Å². The van der Waals surface area contributed by atoms with Crippen LogP contribution in [0, 0.1) is 11.8 Å². The molecule has 4 aliphatic heterocycles. The largest absolute Gasteiger partial charge is 0.392 e. The summed E-state index contributed by atoms with van der Waals surface area (Å²) in [7, 11) is 0. The predicted molar refractivity (Wildman–Crippen MR) is 60.8 cm³/mol. The summed E-state index contributed by atoms with van der Waals surface area (Å²) < 4.78 is 10.2. The smallest absolute Gasteiger partial charge is 0.337 e. The molecule has 4 rings (SSSR count). The van der Waals surface area contributed by atoms with Crippen LogP contribution in [0.1, 0.15) is 25.7 Å². The highest BCUT2D eigenvalue weighted by Crippen LogP contribution is 2.49. The first-order valence-corrected chi connectivity index (χ1v) is 6.85. The molecule has 20 heavy (non-hydrogen) atoms. The van der Waals surface area contributed by atoms with Crippen LogP contribution >= 0.6 is 0 Å². The van der Waals surface area contributed by atoms with E-state index < -0.39 is 29.8 Å². The highest BCUT2D eigenvalue weighted by molar-refractivity contribution is 6.09. The van der Waals surface area contributed by atoms with E-state index in [4.69, 9.17) is 4.74 Å². The Morgan fingerprint density at radius 3 is 2.05 bits per heavy atom. The molecule has 2 bridgehead atoms. The number of rotatable bonds is 1. The van der Waals surface area contributed by atoms with Crippen molar-refractivity contribution in [1.29, 1.82) is 0 Å². The lowest BCUT2D eigenvalue weighted by Gasteiger charge is -2.28. The van der Waals surface area contributed by atoms with E-state index in [1.54, 1.807) is 0 Å². The zero-order valence-corrected chi connectivity index (χ0v) is 10.6. The number of hydrogen-bond donors (Lipinski definition) is 0. The molecule has 0 aromatic carbocycles. The second kappa shape index (κ2) is 3.88. The molecule has 4 aliphatic rings. The lowest BCUT2D eigenvalue weighted by molar-refractivity contribution is -0.173. The lowest BCUT2D eigenvalue weighted by atomic mass is 9.81. The first-order chi connectivity index (χ1) is 9.58. The van der Waals surface area contributed by atoms with Gasteiger partial charge in [-0.2, -0.15) is 0 Å². The molecule has 0 aliphatic carbocycles. The Bertz CT molecular complexity index is 515. The third-order valence-electron chi connectivity index (χ3n) is 4.74. The summed E-state index contributed by atoms with van der Waals surface area (Å²) in [5.41, 5.74) is 0. The van der Waals surface area contributed by atoms with Gasteiger partial charge in [-0.05, 0) is 19.3 Å². The number of cyclic esters (lactones) is 2. The monoisotopic (exact) mass is 279 g/mol. The third kappa shape index (κ3) is 1.38. The molecule has 0 aromatic heterocycles. The quantitative estimate of drug-likeness (QED) is 0.361. The number of nitrogens with zero attached hydrogens (tertiary/aromatic N) is 1. The molecule has 7 heteroatoms. The van der Waals surface area contributed by atoms with Crippen molar-refractivity contribution >= 4 is 23.8 Å². The van der Waals surface area contributed by atoms with E-state index in [1.165, 1.54) is 0 Å². The van der Waals surface area contributed by atoms with Crippen molar-refractivity contribution in [3.63, 3.8) is 0 Å². The number of likely N-dealkylation sites (tertiary alicyclic amines) is 1.